The van der Waals surface area contributed by atoms with Crippen molar-refractivity contribution in [3.8, 4) is 5.75 Å². The fraction of sp³-hybridized carbons (Fsp3) is 0.278. The molecule has 5 nitrogen and oxygen atoms in total. The summed E-state index contributed by atoms with van der Waals surface area (Å²) < 4.78 is 10.6. The molecule has 138 valence electrons. The van der Waals surface area contributed by atoms with Crippen LogP contribution in [0.4, 0.5) is 11.4 Å². The number of hydrogen-bond acceptors (Lipinski definition) is 4. The van der Waals surface area contributed by atoms with Gasteiger partial charge in [0.1, 0.15) is 5.75 Å². The van der Waals surface area contributed by atoms with E-state index in [0.29, 0.717) is 28.9 Å². The zero-order valence-electron chi connectivity index (χ0n) is 14.0. The fourth-order valence-electron chi connectivity index (χ4n) is 2.81. The Morgan fingerprint density at radius 1 is 1.12 bits per heavy atom. The largest absolute Gasteiger partial charge is 0.494 e. The molecule has 0 aromatic heterocycles. The smallest absolute Gasteiger partial charge is 0.259 e. The number of halogens is 3. The highest BCUT2D eigenvalue weighted by Gasteiger charge is 2.20. The molecule has 2 aromatic carbocycles. The first-order valence-electron chi connectivity index (χ1n) is 7.96. The third kappa shape index (κ3) is 4.18. The lowest BCUT2D eigenvalue weighted by molar-refractivity contribution is 0.102. The third-order valence-corrected chi connectivity index (χ3v) is 4.75. The number of benzene rings is 2. The molecule has 0 bridgehead atoms. The normalized spacial score (nSPS) is 14.2. The highest BCUT2D eigenvalue weighted by Crippen LogP contribution is 2.34. The van der Waals surface area contributed by atoms with E-state index < -0.39 is 0 Å². The maximum atomic E-state index is 12.8. The number of hydrogen-bond donors (Lipinski definition) is 1. The highest BCUT2D eigenvalue weighted by atomic mass is 35.5. The van der Waals surface area contributed by atoms with Crippen molar-refractivity contribution in [2.45, 2.75) is 0 Å². The van der Waals surface area contributed by atoms with E-state index in [1.54, 1.807) is 12.1 Å². The van der Waals surface area contributed by atoms with Crippen LogP contribution in [-0.4, -0.2) is 39.3 Å². The quantitative estimate of drug-likeness (QED) is 0.783. The molecular weight excluding hydrogens is 399 g/mol. The van der Waals surface area contributed by atoms with Crippen LogP contribution in [0.25, 0.3) is 0 Å². The lowest BCUT2D eigenvalue weighted by Crippen LogP contribution is -2.36. The van der Waals surface area contributed by atoms with Crippen molar-refractivity contribution in [2.75, 3.05) is 43.6 Å². The number of methoxy groups -OCH3 is 1. The molecule has 0 atom stereocenters. The van der Waals surface area contributed by atoms with Gasteiger partial charge in [-0.05, 0) is 30.3 Å². The van der Waals surface area contributed by atoms with Gasteiger partial charge < -0.3 is 19.7 Å². The lowest BCUT2D eigenvalue weighted by Gasteiger charge is -2.30. The van der Waals surface area contributed by atoms with Gasteiger partial charge >= 0.3 is 0 Å². The molecule has 0 saturated carbocycles. The van der Waals surface area contributed by atoms with Crippen molar-refractivity contribution in [3.63, 3.8) is 0 Å². The van der Waals surface area contributed by atoms with Gasteiger partial charge in [0, 0.05) is 23.1 Å². The summed E-state index contributed by atoms with van der Waals surface area (Å²) >= 11 is 18.3. The van der Waals surface area contributed by atoms with Crippen molar-refractivity contribution in [1.29, 1.82) is 0 Å². The van der Waals surface area contributed by atoms with Gasteiger partial charge in [-0.2, -0.15) is 0 Å². The maximum absolute atomic E-state index is 12.8. The van der Waals surface area contributed by atoms with Gasteiger partial charge in [-0.15, -0.1) is 0 Å². The number of morpholine rings is 1. The molecule has 2 aromatic rings. The molecule has 1 aliphatic heterocycles. The van der Waals surface area contributed by atoms with E-state index in [1.807, 2.05) is 6.07 Å². The first-order valence-corrected chi connectivity index (χ1v) is 9.09. The molecule has 1 N–H and O–H groups in total. The van der Waals surface area contributed by atoms with Crippen LogP contribution in [-0.2, 0) is 4.74 Å². The molecule has 1 saturated heterocycles. The summed E-state index contributed by atoms with van der Waals surface area (Å²) in [6.45, 7) is 2.73. The van der Waals surface area contributed by atoms with Gasteiger partial charge in [0.15, 0.2) is 0 Å². The summed E-state index contributed by atoms with van der Waals surface area (Å²) in [6.07, 6.45) is 0. The van der Waals surface area contributed by atoms with Gasteiger partial charge in [-0.1, -0.05) is 34.8 Å². The zero-order valence-corrected chi connectivity index (χ0v) is 16.3. The Morgan fingerprint density at radius 3 is 2.54 bits per heavy atom. The molecular formula is C18H17Cl3N2O3. The van der Waals surface area contributed by atoms with Crippen LogP contribution in [0.2, 0.25) is 15.1 Å². The van der Waals surface area contributed by atoms with E-state index in [1.165, 1.54) is 19.2 Å². The second-order valence-electron chi connectivity index (χ2n) is 5.68. The lowest BCUT2D eigenvalue weighted by atomic mass is 10.1. The van der Waals surface area contributed by atoms with Crippen molar-refractivity contribution >= 4 is 52.1 Å². The molecule has 0 aliphatic carbocycles. The predicted octanol–water partition coefficient (Wildman–Crippen LogP) is 4.74. The van der Waals surface area contributed by atoms with Crippen LogP contribution in [0.15, 0.2) is 30.3 Å². The van der Waals surface area contributed by atoms with Crippen LogP contribution < -0.4 is 15.0 Å². The minimum absolute atomic E-state index is 0.248. The van der Waals surface area contributed by atoms with Crippen molar-refractivity contribution in [3.05, 3.63) is 51.0 Å². The predicted molar refractivity (Wildman–Crippen MR) is 105 cm³/mol. The van der Waals surface area contributed by atoms with E-state index in [9.17, 15) is 4.79 Å². The number of nitrogens with zero attached hydrogens (tertiary/aromatic N) is 1. The van der Waals surface area contributed by atoms with Crippen LogP contribution in [0.1, 0.15) is 10.4 Å². The van der Waals surface area contributed by atoms with Crippen LogP contribution in [0.5, 0.6) is 5.75 Å². The number of amides is 1. The average Bonchev–Trinajstić information content (AvgIpc) is 2.62. The third-order valence-electron chi connectivity index (χ3n) is 4.02. The molecule has 26 heavy (non-hydrogen) atoms. The molecule has 3 rings (SSSR count). The Balaban J connectivity index is 1.94. The van der Waals surface area contributed by atoms with Crippen molar-refractivity contribution in [1.82, 2.24) is 0 Å². The summed E-state index contributed by atoms with van der Waals surface area (Å²) in [4.78, 5) is 15.0. The van der Waals surface area contributed by atoms with Gasteiger partial charge in [0.25, 0.3) is 5.91 Å². The summed E-state index contributed by atoms with van der Waals surface area (Å²) in [6, 6.07) is 8.42. The fourth-order valence-corrected chi connectivity index (χ4v) is 3.56. The molecule has 1 heterocycles. The van der Waals surface area contributed by atoms with E-state index in [-0.39, 0.29) is 22.2 Å². The Bertz CT molecular complexity index is 824. The Morgan fingerprint density at radius 2 is 1.85 bits per heavy atom. The number of nitrogens with one attached hydrogen (secondary N) is 1. The number of carbonyl (C=O) groups excluding carboxylic acids is 1. The van der Waals surface area contributed by atoms with Crippen molar-refractivity contribution in [2.24, 2.45) is 0 Å². The molecule has 0 spiro atoms. The Kier molecular flexibility index (Phi) is 6.14. The number of carbonyl (C=O) groups is 1. The monoisotopic (exact) mass is 414 g/mol. The second kappa shape index (κ2) is 8.35. The van der Waals surface area contributed by atoms with Crippen LogP contribution >= 0.6 is 34.8 Å². The standard InChI is InChI=1S/C18H17Cl3N2O3/c1-25-17-13(8-12(20)9-14(17)21)18(24)22-15-10-11(19)2-3-16(15)23-4-6-26-7-5-23/h2-3,8-10H,4-7H2,1H3,(H,22,24). The summed E-state index contributed by atoms with van der Waals surface area (Å²) in [7, 11) is 1.45. The number of rotatable bonds is 4. The van der Waals surface area contributed by atoms with Crippen molar-refractivity contribution < 1.29 is 14.3 Å². The van der Waals surface area contributed by atoms with E-state index in [0.717, 1.165) is 18.8 Å². The summed E-state index contributed by atoms with van der Waals surface area (Å²) in [5.41, 5.74) is 1.72. The molecule has 1 aliphatic rings. The van der Waals surface area contributed by atoms with Crippen LogP contribution in [0, 0.1) is 0 Å². The van der Waals surface area contributed by atoms with Gasteiger partial charge in [0.05, 0.1) is 42.3 Å². The highest BCUT2D eigenvalue weighted by molar-refractivity contribution is 6.36. The summed E-state index contributed by atoms with van der Waals surface area (Å²) in [5.74, 6) is -0.119. The molecule has 1 fully saturated rings. The van der Waals surface area contributed by atoms with E-state index in [2.05, 4.69) is 10.2 Å². The Hall–Kier alpha value is -1.66. The SMILES string of the molecule is COc1c(Cl)cc(Cl)cc1C(=O)Nc1cc(Cl)ccc1N1CCOCC1. The van der Waals surface area contributed by atoms with Crippen LogP contribution in [0.3, 0.4) is 0 Å². The van der Waals surface area contributed by atoms with Gasteiger partial charge in [0.2, 0.25) is 0 Å². The topological polar surface area (TPSA) is 50.8 Å². The first kappa shape index (κ1) is 19.1. The molecule has 0 unspecified atom stereocenters. The van der Waals surface area contributed by atoms with Gasteiger partial charge in [-0.3, -0.25) is 4.79 Å². The summed E-state index contributed by atoms with van der Waals surface area (Å²) in [5, 5.41) is 4.03. The molecule has 8 heteroatoms. The second-order valence-corrected chi connectivity index (χ2v) is 6.96. The number of ether oxygens (including phenoxy) is 2. The Labute approximate surface area is 166 Å². The van der Waals surface area contributed by atoms with Gasteiger partial charge in [-0.25, -0.2) is 0 Å². The van der Waals surface area contributed by atoms with E-state index in [4.69, 9.17) is 44.3 Å². The minimum Gasteiger partial charge on any atom is -0.494 e. The zero-order chi connectivity index (χ0) is 18.7. The number of anilines is 2. The average molecular weight is 416 g/mol. The molecule has 1 amide bonds. The molecule has 0 radical (unpaired) electrons. The maximum Gasteiger partial charge on any atom is 0.259 e. The van der Waals surface area contributed by atoms with E-state index >= 15 is 0 Å². The minimum atomic E-state index is -0.386. The first-order chi connectivity index (χ1) is 12.5.